The van der Waals surface area contributed by atoms with E-state index >= 15 is 0 Å². The third-order valence-electron chi connectivity index (χ3n) is 8.35. The molecule has 4 heterocycles. The molecule has 5 N–H and O–H groups in total. The van der Waals surface area contributed by atoms with Crippen molar-refractivity contribution < 1.29 is 9.59 Å². The lowest BCUT2D eigenvalue weighted by molar-refractivity contribution is 0.244. The summed E-state index contributed by atoms with van der Waals surface area (Å²) < 4.78 is 0. The molecule has 0 unspecified atom stereocenters. The number of anilines is 3. The predicted molar refractivity (Wildman–Crippen MR) is 201 cm³/mol. The first kappa shape index (κ1) is 37.2. The minimum absolute atomic E-state index is 0.110. The highest BCUT2D eigenvalue weighted by atomic mass is 35.5. The van der Waals surface area contributed by atoms with Crippen LogP contribution in [0.2, 0.25) is 5.15 Å². The Morgan fingerprint density at radius 3 is 1.59 bits per heavy atom. The van der Waals surface area contributed by atoms with Gasteiger partial charge in [0, 0.05) is 48.9 Å². The van der Waals surface area contributed by atoms with Crippen LogP contribution in [0.3, 0.4) is 0 Å². The Morgan fingerprint density at radius 1 is 0.673 bits per heavy atom. The molecular weight excluding hydrogens is 636 g/mol. The van der Waals surface area contributed by atoms with Gasteiger partial charge in [-0.25, -0.2) is 19.6 Å². The van der Waals surface area contributed by atoms with Crippen LogP contribution in [-0.2, 0) is 0 Å². The maximum absolute atomic E-state index is 12.1. The number of urea groups is 2. The van der Waals surface area contributed by atoms with Crippen LogP contribution in [0.1, 0.15) is 47.9 Å². The second-order valence-electron chi connectivity index (χ2n) is 12.5. The van der Waals surface area contributed by atoms with Gasteiger partial charge in [0.15, 0.2) is 0 Å². The Balaban J connectivity index is 0.000000187. The van der Waals surface area contributed by atoms with Crippen molar-refractivity contribution in [2.24, 2.45) is 0 Å². The summed E-state index contributed by atoms with van der Waals surface area (Å²) in [5, 5.41) is 15.7. The third kappa shape index (κ3) is 13.0. The number of aromatic nitrogens is 2. The first-order valence-corrected chi connectivity index (χ1v) is 17.3. The number of halogens is 1. The number of nitrogens with one attached hydrogen (secondary N) is 5. The average molecular weight is 685 g/mol. The van der Waals surface area contributed by atoms with Crippen LogP contribution in [0.5, 0.6) is 0 Å². The molecule has 0 atom stereocenters. The highest BCUT2D eigenvalue weighted by Gasteiger charge is 2.22. The summed E-state index contributed by atoms with van der Waals surface area (Å²) in [4.78, 5) is 34.5. The van der Waals surface area contributed by atoms with Crippen molar-refractivity contribution in [2.45, 2.75) is 65.5 Å². The molecule has 4 aromatic rings. The van der Waals surface area contributed by atoms with E-state index in [1.54, 1.807) is 6.20 Å². The van der Waals surface area contributed by atoms with E-state index in [0.29, 0.717) is 11.2 Å². The quantitative estimate of drug-likeness (QED) is 0.140. The van der Waals surface area contributed by atoms with Gasteiger partial charge in [0.05, 0.1) is 0 Å². The van der Waals surface area contributed by atoms with Crippen molar-refractivity contribution >= 4 is 40.9 Å². The number of nitrogens with zero attached hydrogens (tertiary/aromatic N) is 3. The SMILES string of the molecule is Cc1ccc(NC(=O)NC2CCN(c3ncccc3C)CC2)cc1.Cc1ccc(NC(=O)NC2CCNCC2)cc1.Cc1cccnc1Cl. The Kier molecular flexibility index (Phi) is 14.7. The van der Waals surface area contributed by atoms with Crippen molar-refractivity contribution in [3.63, 3.8) is 0 Å². The van der Waals surface area contributed by atoms with E-state index in [9.17, 15) is 9.59 Å². The standard InChI is InChI=1S/C19H24N4O.C13H19N3O.C6H6ClN/c1-14-5-7-16(8-6-14)21-19(24)22-17-9-12-23(13-10-17)18-15(2)4-3-11-20-18;1-10-2-4-11(5-3-10)15-13(17)16-12-6-8-14-9-7-12;1-5-3-2-4-8-6(5)7/h3-8,11,17H,9-10,12-13H2,1-2H3,(H2,21,22,24);2-5,12,14H,6-9H2,1H3,(H2,15,16,17);2-4H,1H3. The van der Waals surface area contributed by atoms with Gasteiger partial charge in [0.25, 0.3) is 0 Å². The first-order chi connectivity index (χ1) is 23.7. The highest BCUT2D eigenvalue weighted by Crippen LogP contribution is 2.21. The van der Waals surface area contributed by atoms with E-state index in [1.165, 1.54) is 16.7 Å². The largest absolute Gasteiger partial charge is 0.356 e. The van der Waals surface area contributed by atoms with Gasteiger partial charge < -0.3 is 31.5 Å². The van der Waals surface area contributed by atoms with Gasteiger partial charge in [-0.15, -0.1) is 0 Å². The second kappa shape index (κ2) is 19.4. The molecule has 0 aliphatic carbocycles. The van der Waals surface area contributed by atoms with Crippen molar-refractivity contribution in [1.82, 2.24) is 25.9 Å². The molecule has 6 rings (SSSR count). The molecule has 4 amide bonds. The molecule has 0 bridgehead atoms. The topological polar surface area (TPSA) is 123 Å². The monoisotopic (exact) mass is 684 g/mol. The minimum atomic E-state index is -0.133. The number of rotatable bonds is 5. The molecule has 10 nitrogen and oxygen atoms in total. The lowest BCUT2D eigenvalue weighted by atomic mass is 10.0. The van der Waals surface area contributed by atoms with Crippen LogP contribution in [0.25, 0.3) is 0 Å². The smallest absolute Gasteiger partial charge is 0.319 e. The van der Waals surface area contributed by atoms with E-state index < -0.39 is 0 Å². The van der Waals surface area contributed by atoms with Crippen molar-refractivity contribution in [3.05, 3.63) is 113 Å². The van der Waals surface area contributed by atoms with Crippen LogP contribution in [0, 0.1) is 27.7 Å². The fourth-order valence-corrected chi connectivity index (χ4v) is 5.57. The minimum Gasteiger partial charge on any atom is -0.356 e. The molecule has 11 heteroatoms. The van der Waals surface area contributed by atoms with E-state index in [0.717, 1.165) is 74.6 Å². The summed E-state index contributed by atoms with van der Waals surface area (Å²) in [5.41, 5.74) is 6.24. The van der Waals surface area contributed by atoms with Gasteiger partial charge >= 0.3 is 12.1 Å². The van der Waals surface area contributed by atoms with Gasteiger partial charge in [0.2, 0.25) is 0 Å². The number of amides is 4. The molecular formula is C38H49ClN8O2. The number of hydrogen-bond donors (Lipinski definition) is 5. The summed E-state index contributed by atoms with van der Waals surface area (Å²) >= 11 is 5.60. The van der Waals surface area contributed by atoms with Gasteiger partial charge in [-0.05, 0) is 114 Å². The fourth-order valence-electron chi connectivity index (χ4n) is 5.46. The average Bonchev–Trinajstić information content (AvgIpc) is 3.10. The maximum Gasteiger partial charge on any atom is 0.319 e. The number of carbonyl (C=O) groups is 2. The lowest BCUT2D eigenvalue weighted by Gasteiger charge is -2.33. The predicted octanol–water partition coefficient (Wildman–Crippen LogP) is 7.40. The summed E-state index contributed by atoms with van der Waals surface area (Å²) in [6, 6.07) is 23.7. The Labute approximate surface area is 295 Å². The normalized spacial score (nSPS) is 14.7. The number of hydrogen-bond acceptors (Lipinski definition) is 6. The third-order valence-corrected chi connectivity index (χ3v) is 8.75. The van der Waals surface area contributed by atoms with Crippen LogP contribution < -0.4 is 31.5 Å². The van der Waals surface area contributed by atoms with E-state index in [-0.39, 0.29) is 18.1 Å². The zero-order valence-electron chi connectivity index (χ0n) is 28.9. The van der Waals surface area contributed by atoms with Crippen molar-refractivity contribution in [3.8, 4) is 0 Å². The van der Waals surface area contributed by atoms with E-state index in [4.69, 9.17) is 11.6 Å². The Bertz CT molecular complexity index is 1580. The number of carbonyl (C=O) groups excluding carboxylic acids is 2. The molecule has 2 aliphatic rings. The van der Waals surface area contributed by atoms with Crippen molar-refractivity contribution in [2.75, 3.05) is 41.7 Å². The second-order valence-corrected chi connectivity index (χ2v) is 12.8. The van der Waals surface area contributed by atoms with Gasteiger partial charge in [-0.3, -0.25) is 0 Å². The molecule has 260 valence electrons. The number of aryl methyl sites for hydroxylation is 4. The molecule has 0 radical (unpaired) electrons. The lowest BCUT2D eigenvalue weighted by Crippen LogP contribution is -2.46. The summed E-state index contributed by atoms with van der Waals surface area (Å²) in [6.07, 6.45) is 7.37. The van der Waals surface area contributed by atoms with Crippen molar-refractivity contribution in [1.29, 1.82) is 0 Å². The Morgan fingerprint density at radius 2 is 1.14 bits per heavy atom. The molecule has 2 aromatic heterocycles. The summed E-state index contributed by atoms with van der Waals surface area (Å²) in [6.45, 7) is 11.8. The molecule has 2 aliphatic heterocycles. The van der Waals surface area contributed by atoms with Crippen LogP contribution in [0.15, 0.2) is 85.2 Å². The summed E-state index contributed by atoms with van der Waals surface area (Å²) in [5.74, 6) is 1.06. The van der Waals surface area contributed by atoms with E-state index in [2.05, 4.69) is 54.4 Å². The van der Waals surface area contributed by atoms with Gasteiger partial charge in [-0.2, -0.15) is 0 Å². The first-order valence-electron chi connectivity index (χ1n) is 16.9. The Hall–Kier alpha value is -4.67. The number of benzene rings is 2. The molecule has 2 aromatic carbocycles. The molecule has 0 spiro atoms. The van der Waals surface area contributed by atoms with Crippen LogP contribution in [0.4, 0.5) is 26.8 Å². The molecule has 49 heavy (non-hydrogen) atoms. The van der Waals surface area contributed by atoms with Crippen LogP contribution >= 0.6 is 11.6 Å². The fraction of sp³-hybridized carbons (Fsp3) is 0.368. The van der Waals surface area contributed by atoms with Gasteiger partial charge in [-0.1, -0.05) is 59.1 Å². The highest BCUT2D eigenvalue weighted by molar-refractivity contribution is 6.30. The molecule has 2 fully saturated rings. The number of piperidine rings is 2. The maximum atomic E-state index is 12.1. The molecule has 2 saturated heterocycles. The van der Waals surface area contributed by atoms with Crippen LogP contribution in [-0.4, -0.2) is 60.3 Å². The molecule has 0 saturated carbocycles. The zero-order valence-corrected chi connectivity index (χ0v) is 29.7. The van der Waals surface area contributed by atoms with E-state index in [1.807, 2.05) is 93.7 Å². The zero-order chi connectivity index (χ0) is 35.0. The summed E-state index contributed by atoms with van der Waals surface area (Å²) in [7, 11) is 0. The number of pyridine rings is 2. The van der Waals surface area contributed by atoms with Gasteiger partial charge in [0.1, 0.15) is 11.0 Å².